The third-order valence-corrected chi connectivity index (χ3v) is 5.77. The molecule has 2 aliphatic rings. The van der Waals surface area contributed by atoms with Crippen molar-refractivity contribution in [2.75, 3.05) is 31.1 Å². The van der Waals surface area contributed by atoms with Gasteiger partial charge in [-0.05, 0) is 30.7 Å². The van der Waals surface area contributed by atoms with E-state index in [-0.39, 0.29) is 29.3 Å². The molecule has 0 bridgehead atoms. The number of likely N-dealkylation sites (tertiary alicyclic amines) is 1. The number of carbonyl (C=O) groups excluding carboxylic acids is 2. The van der Waals surface area contributed by atoms with Gasteiger partial charge < -0.3 is 26.0 Å². The molecule has 1 aromatic rings. The monoisotopic (exact) mass is 416 g/mol. The molecule has 1 aromatic carbocycles. The van der Waals surface area contributed by atoms with Crippen molar-refractivity contribution in [2.45, 2.75) is 26.4 Å². The highest BCUT2D eigenvalue weighted by Crippen LogP contribution is 2.38. The summed E-state index contributed by atoms with van der Waals surface area (Å²) in [5.74, 6) is -0.0533. The molecule has 2 saturated heterocycles. The standard InChI is InChI=1S/C20H25FN6O3/c1-12(28)26-6-4-13(5-7-26)16-9-27(10-16)18-14(8-22)2-3-15(17(18)21)11-30-20(29)25-19(23)24/h2-3,13,16H,4-7,9-11H2,1H3,(H4,23,24,25,29). The van der Waals surface area contributed by atoms with Crippen molar-refractivity contribution < 1.29 is 18.7 Å². The molecule has 0 aromatic heterocycles. The van der Waals surface area contributed by atoms with Crippen LogP contribution in [0.3, 0.4) is 0 Å². The maximum atomic E-state index is 15.1. The van der Waals surface area contributed by atoms with Crippen LogP contribution in [0, 0.1) is 29.0 Å². The van der Waals surface area contributed by atoms with Crippen molar-refractivity contribution in [3.8, 4) is 6.07 Å². The number of amides is 2. The van der Waals surface area contributed by atoms with Crippen LogP contribution in [0.4, 0.5) is 14.9 Å². The molecule has 2 heterocycles. The van der Waals surface area contributed by atoms with Crippen LogP contribution in [-0.2, 0) is 16.1 Å². The van der Waals surface area contributed by atoms with E-state index in [0.717, 1.165) is 25.9 Å². The van der Waals surface area contributed by atoms with E-state index >= 15 is 4.39 Å². The second-order valence-corrected chi connectivity index (χ2v) is 7.65. The lowest BCUT2D eigenvalue weighted by molar-refractivity contribution is -0.130. The molecule has 0 aliphatic carbocycles. The number of aliphatic imine (C=N–C) groups is 1. The third kappa shape index (κ3) is 4.62. The van der Waals surface area contributed by atoms with Crippen LogP contribution in [-0.4, -0.2) is 49.0 Å². The normalized spacial score (nSPS) is 17.1. The topological polar surface area (TPSA) is 138 Å². The number of nitriles is 1. The molecule has 2 amide bonds. The van der Waals surface area contributed by atoms with Crippen LogP contribution in [0.15, 0.2) is 17.1 Å². The number of anilines is 1. The van der Waals surface area contributed by atoms with Gasteiger partial charge in [-0.2, -0.15) is 5.26 Å². The summed E-state index contributed by atoms with van der Waals surface area (Å²) in [7, 11) is 0. The summed E-state index contributed by atoms with van der Waals surface area (Å²) in [5, 5.41) is 9.40. The van der Waals surface area contributed by atoms with Crippen molar-refractivity contribution >= 4 is 23.6 Å². The fourth-order valence-corrected chi connectivity index (χ4v) is 4.07. The van der Waals surface area contributed by atoms with Gasteiger partial charge in [0.05, 0.1) is 11.3 Å². The zero-order valence-corrected chi connectivity index (χ0v) is 16.8. The molecule has 0 unspecified atom stereocenters. The van der Waals surface area contributed by atoms with Crippen molar-refractivity contribution in [2.24, 2.45) is 28.3 Å². The Morgan fingerprint density at radius 3 is 2.50 bits per heavy atom. The molecule has 0 radical (unpaired) electrons. The lowest BCUT2D eigenvalue weighted by Gasteiger charge is -2.47. The van der Waals surface area contributed by atoms with E-state index in [9.17, 15) is 14.9 Å². The van der Waals surface area contributed by atoms with Crippen molar-refractivity contribution in [1.82, 2.24) is 4.90 Å². The van der Waals surface area contributed by atoms with E-state index in [4.69, 9.17) is 16.2 Å². The molecular formula is C20H25FN6O3. The van der Waals surface area contributed by atoms with Gasteiger partial charge in [0.1, 0.15) is 12.7 Å². The molecule has 9 nitrogen and oxygen atoms in total. The zero-order chi connectivity index (χ0) is 21.8. The summed E-state index contributed by atoms with van der Waals surface area (Å²) in [5.41, 5.74) is 10.8. The Balaban J connectivity index is 1.65. The van der Waals surface area contributed by atoms with Gasteiger partial charge in [0.15, 0.2) is 11.8 Å². The van der Waals surface area contributed by atoms with Crippen LogP contribution in [0.25, 0.3) is 0 Å². The fourth-order valence-electron chi connectivity index (χ4n) is 4.07. The number of nitrogens with two attached hydrogens (primary N) is 2. The maximum absolute atomic E-state index is 15.1. The molecule has 0 atom stereocenters. The van der Waals surface area contributed by atoms with E-state index < -0.39 is 17.9 Å². The first-order chi connectivity index (χ1) is 14.3. The Kier molecular flexibility index (Phi) is 6.40. The van der Waals surface area contributed by atoms with E-state index in [1.807, 2.05) is 15.9 Å². The van der Waals surface area contributed by atoms with Crippen LogP contribution in [0.1, 0.15) is 30.9 Å². The zero-order valence-electron chi connectivity index (χ0n) is 16.8. The maximum Gasteiger partial charge on any atom is 0.437 e. The number of hydrogen-bond donors (Lipinski definition) is 2. The predicted molar refractivity (Wildman–Crippen MR) is 108 cm³/mol. The smallest absolute Gasteiger partial charge is 0.437 e. The Hall–Kier alpha value is -3.35. The Morgan fingerprint density at radius 2 is 1.93 bits per heavy atom. The highest BCUT2D eigenvalue weighted by Gasteiger charge is 2.37. The first kappa shape index (κ1) is 21.4. The highest BCUT2D eigenvalue weighted by atomic mass is 19.1. The minimum atomic E-state index is -1.01. The van der Waals surface area contributed by atoms with E-state index in [1.165, 1.54) is 12.1 Å². The molecule has 0 spiro atoms. The number of nitrogens with zero attached hydrogens (tertiary/aromatic N) is 4. The Labute approximate surface area is 174 Å². The van der Waals surface area contributed by atoms with Gasteiger partial charge in [0, 0.05) is 38.7 Å². The summed E-state index contributed by atoms with van der Waals surface area (Å²) >= 11 is 0. The van der Waals surface area contributed by atoms with Crippen LogP contribution >= 0.6 is 0 Å². The van der Waals surface area contributed by atoms with E-state index in [0.29, 0.717) is 24.9 Å². The van der Waals surface area contributed by atoms with Gasteiger partial charge >= 0.3 is 6.09 Å². The van der Waals surface area contributed by atoms with Crippen molar-refractivity contribution in [3.63, 3.8) is 0 Å². The summed E-state index contributed by atoms with van der Waals surface area (Å²) in [6, 6.07) is 4.95. The summed E-state index contributed by atoms with van der Waals surface area (Å²) in [6.07, 6.45) is 0.861. The molecule has 2 fully saturated rings. The molecule has 10 heteroatoms. The van der Waals surface area contributed by atoms with Crippen molar-refractivity contribution in [1.29, 1.82) is 5.26 Å². The van der Waals surface area contributed by atoms with E-state index in [1.54, 1.807) is 6.92 Å². The number of piperidine rings is 1. The van der Waals surface area contributed by atoms with Gasteiger partial charge in [-0.15, -0.1) is 4.99 Å². The molecule has 30 heavy (non-hydrogen) atoms. The number of carbonyl (C=O) groups is 2. The first-order valence-corrected chi connectivity index (χ1v) is 9.78. The van der Waals surface area contributed by atoms with Crippen LogP contribution in [0.5, 0.6) is 0 Å². The van der Waals surface area contributed by atoms with Crippen LogP contribution in [0.2, 0.25) is 0 Å². The summed E-state index contributed by atoms with van der Waals surface area (Å²) in [4.78, 5) is 29.8. The summed E-state index contributed by atoms with van der Waals surface area (Å²) in [6.45, 7) is 4.04. The van der Waals surface area contributed by atoms with Gasteiger partial charge in [0.25, 0.3) is 0 Å². The predicted octanol–water partition coefficient (Wildman–Crippen LogP) is 1.30. The molecular weight excluding hydrogens is 391 g/mol. The molecule has 4 N–H and O–H groups in total. The van der Waals surface area contributed by atoms with Gasteiger partial charge in [0.2, 0.25) is 5.91 Å². The lowest BCUT2D eigenvalue weighted by atomic mass is 9.79. The first-order valence-electron chi connectivity index (χ1n) is 9.78. The number of rotatable bonds is 4. The minimum absolute atomic E-state index is 0.0989. The van der Waals surface area contributed by atoms with Gasteiger partial charge in [-0.1, -0.05) is 6.07 Å². The fraction of sp³-hybridized carbons (Fsp3) is 0.500. The quantitative estimate of drug-likeness (QED) is 0.557. The molecule has 2 aliphatic heterocycles. The molecule has 0 saturated carbocycles. The number of benzene rings is 1. The Bertz CT molecular complexity index is 895. The second kappa shape index (κ2) is 8.98. The molecule has 3 rings (SSSR count). The van der Waals surface area contributed by atoms with Crippen molar-refractivity contribution in [3.05, 3.63) is 29.1 Å². The second-order valence-electron chi connectivity index (χ2n) is 7.65. The number of guanidine groups is 1. The lowest BCUT2D eigenvalue weighted by Crippen LogP contribution is -2.53. The van der Waals surface area contributed by atoms with E-state index in [2.05, 4.69) is 4.99 Å². The third-order valence-electron chi connectivity index (χ3n) is 5.77. The largest absolute Gasteiger partial charge is 0.443 e. The summed E-state index contributed by atoms with van der Waals surface area (Å²) < 4.78 is 20.0. The van der Waals surface area contributed by atoms with Crippen LogP contribution < -0.4 is 16.4 Å². The SMILES string of the molecule is CC(=O)N1CCC(C2CN(c3c(C#N)ccc(COC(=O)N=C(N)N)c3F)C2)CC1. The number of halogens is 1. The van der Waals surface area contributed by atoms with Gasteiger partial charge in [-0.25, -0.2) is 9.18 Å². The number of ether oxygens (including phenoxy) is 1. The Morgan fingerprint density at radius 1 is 1.27 bits per heavy atom. The number of hydrogen-bond acceptors (Lipinski definition) is 5. The van der Waals surface area contributed by atoms with Gasteiger partial charge in [-0.3, -0.25) is 4.79 Å². The minimum Gasteiger partial charge on any atom is -0.443 e. The highest BCUT2D eigenvalue weighted by molar-refractivity contribution is 5.87. The average Bonchev–Trinajstić information content (AvgIpc) is 2.66. The molecule has 160 valence electrons. The average molecular weight is 416 g/mol.